The van der Waals surface area contributed by atoms with Gasteiger partial charge in [-0.15, -0.1) is 6.58 Å². The summed E-state index contributed by atoms with van der Waals surface area (Å²) in [7, 11) is -3.79. The molecule has 2 amide bonds. The number of nitrogens with zero attached hydrogens (tertiary/aromatic N) is 2. The van der Waals surface area contributed by atoms with E-state index in [1.807, 2.05) is 0 Å². The zero-order valence-corrected chi connectivity index (χ0v) is 27.7. The van der Waals surface area contributed by atoms with Crippen molar-refractivity contribution in [1.29, 1.82) is 0 Å². The van der Waals surface area contributed by atoms with Crippen molar-refractivity contribution in [3.05, 3.63) is 78.5 Å². The lowest BCUT2D eigenvalue weighted by atomic mass is 9.91. The largest absolute Gasteiger partial charge is 0.434 e. The van der Waals surface area contributed by atoms with Crippen LogP contribution in [0.3, 0.4) is 0 Å². The van der Waals surface area contributed by atoms with Crippen LogP contribution in [-0.2, 0) is 31.0 Å². The van der Waals surface area contributed by atoms with Gasteiger partial charge in [0.15, 0.2) is 5.58 Å². The van der Waals surface area contributed by atoms with Gasteiger partial charge in [0.05, 0.1) is 19.0 Å². The second-order valence-electron chi connectivity index (χ2n) is 12.4. The topological polar surface area (TPSA) is 160 Å². The predicted octanol–water partition coefficient (Wildman–Crippen LogP) is 3.09. The minimum Gasteiger partial charge on any atom is -0.434 e. The van der Waals surface area contributed by atoms with E-state index in [0.29, 0.717) is 29.0 Å². The summed E-state index contributed by atoms with van der Waals surface area (Å²) >= 11 is 0. The van der Waals surface area contributed by atoms with Crippen molar-refractivity contribution >= 4 is 38.7 Å². The van der Waals surface area contributed by atoms with Crippen LogP contribution < -0.4 is 15.4 Å². The molecule has 2 saturated heterocycles. The van der Waals surface area contributed by atoms with Crippen LogP contribution in [0.5, 0.6) is 0 Å². The van der Waals surface area contributed by atoms with Crippen LogP contribution in [-0.4, -0.2) is 86.0 Å². The third-order valence-corrected chi connectivity index (χ3v) is 9.51. The minimum absolute atomic E-state index is 0.0358. The summed E-state index contributed by atoms with van der Waals surface area (Å²) in [5.74, 6) is -2.07. The number of benzene rings is 2. The van der Waals surface area contributed by atoms with Gasteiger partial charge in [-0.05, 0) is 69.3 Å². The van der Waals surface area contributed by atoms with E-state index in [9.17, 15) is 27.2 Å². The molecular weight excluding hydrogens is 641 g/mol. The number of ether oxygens (including phenoxy) is 1. The number of amides is 2. The molecule has 258 valence electrons. The van der Waals surface area contributed by atoms with E-state index in [1.165, 1.54) is 17.0 Å². The molecule has 4 atom stereocenters. The number of carbonyl (C=O) groups is 3. The predicted molar refractivity (Wildman–Crippen MR) is 177 cm³/mol. The minimum atomic E-state index is -3.79. The van der Waals surface area contributed by atoms with E-state index in [1.54, 1.807) is 42.5 Å². The van der Waals surface area contributed by atoms with Crippen LogP contribution in [0.1, 0.15) is 54.8 Å². The summed E-state index contributed by atoms with van der Waals surface area (Å²) in [5.41, 5.74) is 1.22. The lowest BCUT2D eigenvalue weighted by Gasteiger charge is -2.30. The Balaban J connectivity index is 1.36. The van der Waals surface area contributed by atoms with Gasteiger partial charge in [0.25, 0.3) is 5.89 Å². The first-order valence-electron chi connectivity index (χ1n) is 16.2. The summed E-state index contributed by atoms with van der Waals surface area (Å²) in [4.78, 5) is 47.1. The van der Waals surface area contributed by atoms with Crippen LogP contribution in [0.2, 0.25) is 0 Å². The number of carbonyl (C=O) groups excluding carboxylic acids is 3. The SMILES string of the molecule is C=CC[C@H](NC(=O)[C@@H]1C[C@@H](OCc2ccccc2F)CN1C(=O)[C@@H](CCC1CCNCC1)NS(C)(=O)=O)C(=O)c1nc2ccccc2o1. The maximum atomic E-state index is 14.3. The third-order valence-electron chi connectivity index (χ3n) is 8.80. The molecule has 2 fully saturated rings. The Bertz CT molecular complexity index is 1690. The van der Waals surface area contributed by atoms with Crippen molar-refractivity contribution in [1.82, 2.24) is 25.2 Å². The summed E-state index contributed by atoms with van der Waals surface area (Å²) < 4.78 is 53.2. The number of oxazole rings is 1. The number of nitrogens with one attached hydrogen (secondary N) is 3. The molecule has 48 heavy (non-hydrogen) atoms. The number of likely N-dealkylation sites (tertiary alicyclic amines) is 1. The second kappa shape index (κ2) is 15.9. The highest BCUT2D eigenvalue weighted by Crippen LogP contribution is 2.26. The molecule has 0 saturated carbocycles. The Morgan fingerprint density at radius 2 is 1.88 bits per heavy atom. The Labute approximate surface area is 279 Å². The fraction of sp³-hybridized carbons (Fsp3) is 0.471. The molecule has 0 bridgehead atoms. The molecule has 3 aromatic rings. The van der Waals surface area contributed by atoms with Gasteiger partial charge in [-0.2, -0.15) is 0 Å². The maximum absolute atomic E-state index is 14.3. The highest BCUT2D eigenvalue weighted by molar-refractivity contribution is 7.88. The first kappa shape index (κ1) is 35.3. The van der Waals surface area contributed by atoms with E-state index in [0.717, 1.165) is 32.2 Å². The molecule has 0 spiro atoms. The van der Waals surface area contributed by atoms with E-state index in [4.69, 9.17) is 9.15 Å². The number of ketones is 1. The highest BCUT2D eigenvalue weighted by atomic mass is 32.2. The first-order valence-corrected chi connectivity index (χ1v) is 18.1. The van der Waals surface area contributed by atoms with Crippen molar-refractivity contribution in [2.45, 2.75) is 69.4 Å². The molecule has 2 aromatic carbocycles. The number of hydrogen-bond donors (Lipinski definition) is 3. The molecule has 5 rings (SSSR count). The number of rotatable bonds is 15. The first-order chi connectivity index (χ1) is 23.0. The number of halogens is 1. The molecule has 14 heteroatoms. The lowest BCUT2D eigenvalue weighted by molar-refractivity contribution is -0.140. The monoisotopic (exact) mass is 683 g/mol. The maximum Gasteiger partial charge on any atom is 0.266 e. The van der Waals surface area contributed by atoms with Gasteiger partial charge in [-0.25, -0.2) is 22.5 Å². The zero-order chi connectivity index (χ0) is 34.3. The molecule has 2 aliphatic heterocycles. The van der Waals surface area contributed by atoms with Gasteiger partial charge in [-0.3, -0.25) is 14.4 Å². The smallest absolute Gasteiger partial charge is 0.266 e. The number of piperidine rings is 1. The van der Waals surface area contributed by atoms with Crippen molar-refractivity contribution in [3.8, 4) is 0 Å². The second-order valence-corrected chi connectivity index (χ2v) is 14.2. The fourth-order valence-corrected chi connectivity index (χ4v) is 7.03. The number of hydrogen-bond acceptors (Lipinski definition) is 9. The normalized spacial score (nSPS) is 20.0. The van der Waals surface area contributed by atoms with Gasteiger partial charge in [0.1, 0.15) is 29.5 Å². The Morgan fingerprint density at radius 3 is 2.58 bits per heavy atom. The van der Waals surface area contributed by atoms with Crippen molar-refractivity contribution in [3.63, 3.8) is 0 Å². The van der Waals surface area contributed by atoms with Crippen molar-refractivity contribution in [2.75, 3.05) is 25.9 Å². The molecule has 0 unspecified atom stereocenters. The van der Waals surface area contributed by atoms with Crippen molar-refractivity contribution in [2.24, 2.45) is 5.92 Å². The van der Waals surface area contributed by atoms with E-state index in [-0.39, 0.29) is 38.3 Å². The van der Waals surface area contributed by atoms with E-state index < -0.39 is 57.7 Å². The van der Waals surface area contributed by atoms with Crippen LogP contribution in [0, 0.1) is 11.7 Å². The lowest BCUT2D eigenvalue weighted by Crippen LogP contribution is -2.55. The van der Waals surface area contributed by atoms with Gasteiger partial charge in [-0.1, -0.05) is 36.4 Å². The number of aromatic nitrogens is 1. The van der Waals surface area contributed by atoms with Gasteiger partial charge >= 0.3 is 0 Å². The number of fused-ring (bicyclic) bond motifs is 1. The summed E-state index contributed by atoms with van der Waals surface area (Å²) in [5, 5.41) is 6.05. The summed E-state index contributed by atoms with van der Waals surface area (Å²) in [6.07, 6.45) is 4.61. The Hall–Kier alpha value is -3.98. The highest BCUT2D eigenvalue weighted by Gasteiger charge is 2.44. The van der Waals surface area contributed by atoms with Crippen LogP contribution in [0.15, 0.2) is 65.6 Å². The van der Waals surface area contributed by atoms with Crippen LogP contribution in [0.4, 0.5) is 4.39 Å². The summed E-state index contributed by atoms with van der Waals surface area (Å²) in [6, 6.07) is 9.73. The van der Waals surface area contributed by atoms with Crippen LogP contribution >= 0.6 is 0 Å². The quantitative estimate of drug-likeness (QED) is 0.162. The van der Waals surface area contributed by atoms with Crippen molar-refractivity contribution < 1.29 is 36.3 Å². The molecule has 12 nitrogen and oxygen atoms in total. The zero-order valence-electron chi connectivity index (χ0n) is 26.9. The average Bonchev–Trinajstić information content (AvgIpc) is 3.70. The van der Waals surface area contributed by atoms with Crippen LogP contribution in [0.25, 0.3) is 11.1 Å². The number of Topliss-reactive ketones (excluding diaryl/α,β-unsaturated/α-hetero) is 1. The van der Waals surface area contributed by atoms with E-state index >= 15 is 0 Å². The average molecular weight is 684 g/mol. The molecule has 1 aromatic heterocycles. The number of para-hydroxylation sites is 2. The van der Waals surface area contributed by atoms with E-state index in [2.05, 4.69) is 26.9 Å². The van der Waals surface area contributed by atoms with Gasteiger partial charge in [0.2, 0.25) is 27.6 Å². The molecule has 0 aliphatic carbocycles. The molecule has 3 N–H and O–H groups in total. The molecule has 3 heterocycles. The third kappa shape index (κ3) is 9.13. The molecule has 0 radical (unpaired) electrons. The Kier molecular flexibility index (Phi) is 11.7. The number of sulfonamides is 1. The Morgan fingerprint density at radius 1 is 1.15 bits per heavy atom. The van der Waals surface area contributed by atoms with Gasteiger partial charge < -0.3 is 24.7 Å². The standard InChI is InChI=1S/C34H42FN5O7S/c1-3-8-27(31(41)33-38-26-11-6-7-12-30(26)47-33)37-32(42)29-19-24(46-21-23-9-4-5-10-25(23)35)20-40(29)34(43)28(39-48(2,44)45)14-13-22-15-17-36-18-16-22/h3-7,9-12,22,24,27-29,36,39H,1,8,13-21H2,2H3,(H,37,42)/t24-,27+,28-,29+/m1/s1. The fourth-order valence-electron chi connectivity index (χ4n) is 6.29. The van der Waals surface area contributed by atoms with Gasteiger partial charge in [0, 0.05) is 18.5 Å². The molecular formula is C34H42FN5O7S. The summed E-state index contributed by atoms with van der Waals surface area (Å²) in [6.45, 7) is 5.29. The molecule has 2 aliphatic rings.